The van der Waals surface area contributed by atoms with E-state index in [9.17, 15) is 13.2 Å². The monoisotopic (exact) mass is 399 g/mol. The first-order valence-corrected chi connectivity index (χ1v) is 8.83. The molecule has 29 heavy (non-hydrogen) atoms. The molecule has 2 heterocycles. The molecule has 0 fully saturated rings. The minimum atomic E-state index is -4.69. The first-order chi connectivity index (χ1) is 14.0. The zero-order valence-electron chi connectivity index (χ0n) is 15.1. The Kier molecular flexibility index (Phi) is 5.03. The molecule has 0 bridgehead atoms. The van der Waals surface area contributed by atoms with Gasteiger partial charge in [0, 0.05) is 18.2 Å². The fourth-order valence-electron chi connectivity index (χ4n) is 2.89. The maximum Gasteiger partial charge on any atom is 0.573 e. The van der Waals surface area contributed by atoms with E-state index in [2.05, 4.69) is 25.1 Å². The summed E-state index contributed by atoms with van der Waals surface area (Å²) in [6.07, 6.45) is -2.66. The topological polar surface area (TPSA) is 64.3 Å². The predicted octanol–water partition coefficient (Wildman–Crippen LogP) is 4.34. The number of fused-ring (bicyclic) bond motifs is 1. The fraction of sp³-hybridized carbons (Fsp3) is 0.150. The second kappa shape index (κ2) is 7.78. The summed E-state index contributed by atoms with van der Waals surface area (Å²) < 4.78 is 42.2. The highest BCUT2D eigenvalue weighted by molar-refractivity contribution is 5.65. The minimum Gasteiger partial charge on any atom is -0.406 e. The highest BCUT2D eigenvalue weighted by atomic mass is 19.4. The number of aromatic nitrogens is 4. The van der Waals surface area contributed by atoms with Crippen molar-refractivity contribution in [3.8, 4) is 17.0 Å². The molecule has 0 aliphatic heterocycles. The normalized spacial score (nSPS) is 11.6. The molecule has 0 saturated heterocycles. The van der Waals surface area contributed by atoms with Crippen molar-refractivity contribution in [1.82, 2.24) is 19.6 Å². The third-order valence-corrected chi connectivity index (χ3v) is 4.20. The van der Waals surface area contributed by atoms with Crippen molar-refractivity contribution in [2.75, 3.05) is 11.9 Å². The van der Waals surface area contributed by atoms with Gasteiger partial charge in [-0.25, -0.2) is 4.98 Å². The Balaban J connectivity index is 1.46. The molecule has 4 rings (SSSR count). The molecule has 9 heteroatoms. The second-order valence-electron chi connectivity index (χ2n) is 6.23. The zero-order chi connectivity index (χ0) is 20.3. The van der Waals surface area contributed by atoms with Crippen LogP contribution in [0.25, 0.3) is 17.0 Å². The van der Waals surface area contributed by atoms with Crippen molar-refractivity contribution in [2.45, 2.75) is 12.8 Å². The van der Waals surface area contributed by atoms with Gasteiger partial charge in [0.25, 0.3) is 5.78 Å². The van der Waals surface area contributed by atoms with Crippen LogP contribution in [0.5, 0.6) is 5.75 Å². The number of benzene rings is 2. The Morgan fingerprint density at radius 1 is 1.00 bits per heavy atom. The van der Waals surface area contributed by atoms with Gasteiger partial charge in [-0.2, -0.15) is 14.6 Å². The lowest BCUT2D eigenvalue weighted by Crippen LogP contribution is -2.17. The van der Waals surface area contributed by atoms with Gasteiger partial charge in [0.1, 0.15) is 17.9 Å². The van der Waals surface area contributed by atoms with E-state index < -0.39 is 6.36 Å². The van der Waals surface area contributed by atoms with E-state index >= 15 is 0 Å². The summed E-state index contributed by atoms with van der Waals surface area (Å²) in [5, 5.41) is 7.48. The van der Waals surface area contributed by atoms with Crippen LogP contribution in [-0.4, -0.2) is 32.5 Å². The second-order valence-corrected chi connectivity index (χ2v) is 6.23. The lowest BCUT2D eigenvalue weighted by atomic mass is 10.1. The average molecular weight is 399 g/mol. The third-order valence-electron chi connectivity index (χ3n) is 4.20. The molecular weight excluding hydrogens is 383 g/mol. The Hall–Kier alpha value is -3.62. The Morgan fingerprint density at radius 3 is 2.48 bits per heavy atom. The van der Waals surface area contributed by atoms with E-state index in [1.807, 2.05) is 36.4 Å². The summed E-state index contributed by atoms with van der Waals surface area (Å²) >= 11 is 0. The van der Waals surface area contributed by atoms with Crippen molar-refractivity contribution >= 4 is 11.6 Å². The Morgan fingerprint density at radius 2 is 1.76 bits per heavy atom. The molecule has 0 amide bonds. The van der Waals surface area contributed by atoms with Crippen LogP contribution in [0.15, 0.2) is 67.0 Å². The summed E-state index contributed by atoms with van der Waals surface area (Å²) in [5.41, 5.74) is 2.60. The van der Waals surface area contributed by atoms with Gasteiger partial charge in [0.15, 0.2) is 0 Å². The minimum absolute atomic E-state index is 0.236. The van der Waals surface area contributed by atoms with Crippen LogP contribution in [0, 0.1) is 0 Å². The van der Waals surface area contributed by atoms with Gasteiger partial charge >= 0.3 is 6.36 Å². The van der Waals surface area contributed by atoms with Crippen LogP contribution in [-0.2, 0) is 6.42 Å². The van der Waals surface area contributed by atoms with Crippen LogP contribution >= 0.6 is 0 Å². The summed E-state index contributed by atoms with van der Waals surface area (Å²) in [4.78, 5) is 8.68. The molecule has 0 radical (unpaired) electrons. The molecular formula is C20H16F3N5O. The molecule has 0 aliphatic rings. The molecule has 2 aromatic carbocycles. The van der Waals surface area contributed by atoms with E-state index in [-0.39, 0.29) is 5.75 Å². The largest absolute Gasteiger partial charge is 0.573 e. The maximum absolute atomic E-state index is 12.2. The number of alkyl halides is 3. The molecule has 2 aromatic heterocycles. The van der Waals surface area contributed by atoms with E-state index in [4.69, 9.17) is 0 Å². The smallest absolute Gasteiger partial charge is 0.406 e. The number of halogens is 3. The number of nitrogens with one attached hydrogen (secondary N) is 1. The highest BCUT2D eigenvalue weighted by Crippen LogP contribution is 2.23. The Bertz CT molecular complexity index is 1090. The quantitative estimate of drug-likeness (QED) is 0.522. The van der Waals surface area contributed by atoms with E-state index in [0.29, 0.717) is 18.7 Å². The molecule has 0 spiro atoms. The lowest BCUT2D eigenvalue weighted by molar-refractivity contribution is -0.274. The van der Waals surface area contributed by atoms with Gasteiger partial charge in [-0.15, -0.1) is 13.2 Å². The van der Waals surface area contributed by atoms with Crippen molar-refractivity contribution in [2.24, 2.45) is 0 Å². The molecule has 0 saturated carbocycles. The summed E-state index contributed by atoms with van der Waals surface area (Å²) in [6, 6.07) is 17.4. The van der Waals surface area contributed by atoms with Crippen LogP contribution in [0.4, 0.5) is 19.0 Å². The van der Waals surface area contributed by atoms with E-state index in [0.717, 1.165) is 22.6 Å². The van der Waals surface area contributed by atoms with E-state index in [1.54, 1.807) is 16.6 Å². The molecule has 0 atom stereocenters. The molecule has 148 valence electrons. The van der Waals surface area contributed by atoms with Crippen molar-refractivity contribution in [1.29, 1.82) is 0 Å². The van der Waals surface area contributed by atoms with Crippen LogP contribution in [0.2, 0.25) is 0 Å². The zero-order valence-corrected chi connectivity index (χ0v) is 15.1. The first kappa shape index (κ1) is 18.7. The highest BCUT2D eigenvalue weighted by Gasteiger charge is 2.30. The third kappa shape index (κ3) is 4.63. The first-order valence-electron chi connectivity index (χ1n) is 8.83. The summed E-state index contributed by atoms with van der Waals surface area (Å²) in [5.74, 6) is 0.964. The molecule has 4 aromatic rings. The number of hydrogen-bond acceptors (Lipinski definition) is 5. The number of hydrogen-bond donors (Lipinski definition) is 1. The average Bonchev–Trinajstić information content (AvgIpc) is 3.18. The van der Waals surface area contributed by atoms with E-state index in [1.165, 1.54) is 18.5 Å². The van der Waals surface area contributed by atoms with Gasteiger partial charge in [0.05, 0.1) is 5.69 Å². The van der Waals surface area contributed by atoms with Crippen LogP contribution < -0.4 is 10.1 Å². The molecule has 0 unspecified atom stereocenters. The molecule has 6 nitrogen and oxygen atoms in total. The summed E-state index contributed by atoms with van der Waals surface area (Å²) in [7, 11) is 0. The van der Waals surface area contributed by atoms with Crippen molar-refractivity contribution in [3.63, 3.8) is 0 Å². The number of anilines is 1. The van der Waals surface area contributed by atoms with Gasteiger partial charge in [-0.1, -0.05) is 42.5 Å². The molecule has 1 N–H and O–H groups in total. The summed E-state index contributed by atoms with van der Waals surface area (Å²) in [6.45, 7) is 0.548. The number of nitrogens with zero attached hydrogens (tertiary/aromatic N) is 4. The van der Waals surface area contributed by atoms with Crippen molar-refractivity contribution in [3.05, 3.63) is 72.6 Å². The number of ether oxygens (including phenoxy) is 1. The standard InChI is InChI=1S/C20H16F3N5O/c21-20(22,23)29-16-8-6-14(7-9-16)10-11-24-18-12-17(15-4-2-1-3-5-15)27-19-25-13-26-28(18)19/h1-9,12-13,24H,10-11H2. The lowest BCUT2D eigenvalue weighted by Gasteiger charge is -2.11. The van der Waals surface area contributed by atoms with Gasteiger partial charge < -0.3 is 10.1 Å². The fourth-order valence-corrected chi connectivity index (χ4v) is 2.89. The SMILES string of the molecule is FC(F)(F)Oc1ccc(CCNc2cc(-c3ccccc3)nc3ncnn23)cc1. The number of rotatable bonds is 6. The maximum atomic E-state index is 12.2. The van der Waals surface area contributed by atoms with Crippen molar-refractivity contribution < 1.29 is 17.9 Å². The molecule has 0 aliphatic carbocycles. The predicted molar refractivity (Wildman–Crippen MR) is 102 cm³/mol. The Labute approximate surface area is 164 Å². The van der Waals surface area contributed by atoms with Gasteiger partial charge in [-0.3, -0.25) is 0 Å². The van der Waals surface area contributed by atoms with Gasteiger partial charge in [-0.05, 0) is 24.1 Å². The van der Waals surface area contributed by atoms with Crippen LogP contribution in [0.1, 0.15) is 5.56 Å². The van der Waals surface area contributed by atoms with Crippen LogP contribution in [0.3, 0.4) is 0 Å². The van der Waals surface area contributed by atoms with Gasteiger partial charge in [0.2, 0.25) is 0 Å².